The van der Waals surface area contributed by atoms with Gasteiger partial charge in [0.15, 0.2) is 10.8 Å². The molecule has 1 N–H and O–H groups in total. The number of aryl methyl sites for hydroxylation is 1. The van der Waals surface area contributed by atoms with E-state index >= 15 is 0 Å². The fourth-order valence-corrected chi connectivity index (χ4v) is 4.64. The molecule has 3 amide bonds. The van der Waals surface area contributed by atoms with Crippen LogP contribution in [0.4, 0.5) is 5.69 Å². The zero-order valence-corrected chi connectivity index (χ0v) is 18.9. The third-order valence-electron chi connectivity index (χ3n) is 5.58. The first-order valence-electron chi connectivity index (χ1n) is 10.1. The lowest BCUT2D eigenvalue weighted by atomic mass is 10.1. The molecule has 0 aliphatic carbocycles. The number of hydrogen-bond donors (Lipinski definition) is 1. The van der Waals surface area contributed by atoms with Gasteiger partial charge in [0.2, 0.25) is 5.91 Å². The van der Waals surface area contributed by atoms with Crippen LogP contribution >= 0.6 is 11.8 Å². The number of anilines is 1. The number of carbonyl (C=O) groups excluding carboxylic acids is 3. The van der Waals surface area contributed by atoms with Crippen LogP contribution in [0.3, 0.4) is 0 Å². The number of amides is 3. The zero-order chi connectivity index (χ0) is 23.3. The molecule has 33 heavy (non-hydrogen) atoms. The summed E-state index contributed by atoms with van der Waals surface area (Å²) < 4.78 is 7.27. The van der Waals surface area contributed by atoms with Gasteiger partial charge in [0.1, 0.15) is 5.75 Å². The normalized spacial score (nSPS) is 13.1. The summed E-state index contributed by atoms with van der Waals surface area (Å²) in [6.07, 6.45) is 0. The number of thioether (sulfide) groups is 1. The summed E-state index contributed by atoms with van der Waals surface area (Å²) in [7, 11) is 3.05. The van der Waals surface area contributed by atoms with Crippen LogP contribution in [-0.4, -0.2) is 57.1 Å². The van der Waals surface area contributed by atoms with Crippen LogP contribution in [0.5, 0.6) is 5.75 Å². The van der Waals surface area contributed by atoms with Crippen molar-refractivity contribution >= 4 is 51.7 Å². The summed E-state index contributed by atoms with van der Waals surface area (Å²) in [5.41, 5.74) is 3.71. The van der Waals surface area contributed by atoms with Gasteiger partial charge in [-0.05, 0) is 48.9 Å². The molecule has 1 aliphatic rings. The third kappa shape index (κ3) is 3.48. The maximum Gasteiger partial charge on any atom is 0.261 e. The molecule has 0 fully saturated rings. The van der Waals surface area contributed by atoms with Crippen LogP contribution in [0.1, 0.15) is 26.3 Å². The summed E-state index contributed by atoms with van der Waals surface area (Å²) in [6.45, 7) is 2.01. The number of methoxy groups -OCH3 is 1. The van der Waals surface area contributed by atoms with E-state index in [1.807, 2.05) is 35.6 Å². The van der Waals surface area contributed by atoms with Crippen molar-refractivity contribution in [1.82, 2.24) is 19.5 Å². The fraction of sp³-hybridized carbons (Fsp3) is 0.174. The number of carbonyl (C=O) groups is 3. The Kier molecular flexibility index (Phi) is 5.01. The van der Waals surface area contributed by atoms with Crippen molar-refractivity contribution < 1.29 is 19.1 Å². The summed E-state index contributed by atoms with van der Waals surface area (Å²) in [5, 5.41) is 12.9. The smallest absolute Gasteiger partial charge is 0.261 e. The molecular weight excluding hydrogens is 442 g/mol. The lowest BCUT2D eigenvalue weighted by molar-refractivity contribution is -0.113. The monoisotopic (exact) mass is 461 g/mol. The zero-order valence-electron chi connectivity index (χ0n) is 18.1. The van der Waals surface area contributed by atoms with Crippen molar-refractivity contribution in [2.45, 2.75) is 12.1 Å². The van der Waals surface area contributed by atoms with Gasteiger partial charge in [-0.25, -0.2) is 0 Å². The fourth-order valence-electron chi connectivity index (χ4n) is 3.89. The molecule has 0 atom stereocenters. The van der Waals surface area contributed by atoms with E-state index in [4.69, 9.17) is 4.74 Å². The van der Waals surface area contributed by atoms with Crippen LogP contribution in [0.25, 0.3) is 16.6 Å². The number of fused-ring (bicyclic) bond motifs is 4. The van der Waals surface area contributed by atoms with Gasteiger partial charge in [0.25, 0.3) is 11.8 Å². The van der Waals surface area contributed by atoms with Gasteiger partial charge in [0.05, 0.1) is 29.5 Å². The molecule has 0 radical (unpaired) electrons. The Labute approximate surface area is 192 Å². The second-order valence-electron chi connectivity index (χ2n) is 7.65. The van der Waals surface area contributed by atoms with Crippen molar-refractivity contribution in [2.24, 2.45) is 0 Å². The minimum Gasteiger partial charge on any atom is -0.497 e. The minimum atomic E-state index is -0.381. The number of benzene rings is 2. The van der Waals surface area contributed by atoms with Gasteiger partial charge in [-0.15, -0.1) is 10.2 Å². The Morgan fingerprint density at radius 2 is 1.85 bits per heavy atom. The van der Waals surface area contributed by atoms with Crippen LogP contribution in [0.2, 0.25) is 0 Å². The average Bonchev–Trinajstić information content (AvgIpc) is 3.32. The van der Waals surface area contributed by atoms with E-state index in [2.05, 4.69) is 15.5 Å². The number of nitrogens with zero attached hydrogens (tertiary/aromatic N) is 4. The largest absolute Gasteiger partial charge is 0.497 e. The van der Waals surface area contributed by atoms with E-state index in [1.54, 1.807) is 19.2 Å². The standard InChI is InChI=1S/C23H19N5O4S/c1-12-8-19-25-26-23(28(19)18-10-14(32-3)5-7-15(12)18)33-11-20(29)24-13-4-6-16-17(9-13)22(31)27(2)21(16)30/h4-10H,11H2,1-3H3,(H,24,29). The highest BCUT2D eigenvalue weighted by molar-refractivity contribution is 7.99. The lowest BCUT2D eigenvalue weighted by Gasteiger charge is -2.09. The van der Waals surface area contributed by atoms with E-state index in [0.717, 1.165) is 21.4 Å². The topological polar surface area (TPSA) is 106 Å². The van der Waals surface area contributed by atoms with E-state index in [-0.39, 0.29) is 29.0 Å². The Bertz CT molecular complexity index is 1480. The average molecular weight is 462 g/mol. The summed E-state index contributed by atoms with van der Waals surface area (Å²) in [4.78, 5) is 37.9. The number of nitrogens with one attached hydrogen (secondary N) is 1. The van der Waals surface area contributed by atoms with Crippen LogP contribution < -0.4 is 10.1 Å². The van der Waals surface area contributed by atoms with E-state index < -0.39 is 0 Å². The van der Waals surface area contributed by atoms with Crippen molar-refractivity contribution in [3.63, 3.8) is 0 Å². The molecule has 4 aromatic rings. The van der Waals surface area contributed by atoms with Crippen LogP contribution in [0, 0.1) is 6.92 Å². The Hall–Kier alpha value is -3.92. The molecule has 0 bridgehead atoms. The second kappa shape index (κ2) is 7.89. The predicted octanol–water partition coefficient (Wildman–Crippen LogP) is 3.16. The Morgan fingerprint density at radius 3 is 2.64 bits per heavy atom. The lowest BCUT2D eigenvalue weighted by Crippen LogP contribution is -2.24. The summed E-state index contributed by atoms with van der Waals surface area (Å²) in [6, 6.07) is 12.4. The molecule has 3 heterocycles. The molecule has 166 valence electrons. The van der Waals surface area contributed by atoms with Crippen molar-refractivity contribution in [2.75, 3.05) is 25.2 Å². The van der Waals surface area contributed by atoms with Crippen molar-refractivity contribution in [3.05, 3.63) is 59.2 Å². The summed E-state index contributed by atoms with van der Waals surface area (Å²) in [5.74, 6) is -0.193. The number of aromatic nitrogens is 3. The molecular formula is C23H19N5O4S. The van der Waals surface area contributed by atoms with Gasteiger partial charge in [-0.2, -0.15) is 0 Å². The van der Waals surface area contributed by atoms with Gasteiger partial charge in [-0.1, -0.05) is 11.8 Å². The summed E-state index contributed by atoms with van der Waals surface area (Å²) >= 11 is 1.25. The molecule has 5 rings (SSSR count). The molecule has 0 saturated carbocycles. The van der Waals surface area contributed by atoms with Gasteiger partial charge in [0, 0.05) is 24.2 Å². The van der Waals surface area contributed by atoms with Crippen molar-refractivity contribution in [3.8, 4) is 5.75 Å². The van der Waals surface area contributed by atoms with E-state index in [0.29, 0.717) is 27.8 Å². The Balaban J connectivity index is 1.37. The first-order valence-corrected chi connectivity index (χ1v) is 11.1. The van der Waals surface area contributed by atoms with Gasteiger partial charge < -0.3 is 10.1 Å². The molecule has 0 unspecified atom stereocenters. The molecule has 9 nitrogen and oxygen atoms in total. The molecule has 10 heteroatoms. The number of ether oxygens (including phenoxy) is 1. The van der Waals surface area contributed by atoms with E-state index in [1.165, 1.54) is 24.9 Å². The van der Waals surface area contributed by atoms with Crippen molar-refractivity contribution in [1.29, 1.82) is 0 Å². The SMILES string of the molecule is COc1ccc2c(C)cc3nnc(SCC(=O)Nc4ccc5c(c4)C(=O)N(C)C5=O)n3c2c1. The number of pyridine rings is 1. The Morgan fingerprint density at radius 1 is 1.06 bits per heavy atom. The van der Waals surface area contributed by atoms with Gasteiger partial charge >= 0.3 is 0 Å². The first kappa shape index (κ1) is 21.0. The minimum absolute atomic E-state index is 0.0873. The number of rotatable bonds is 5. The first-order chi connectivity index (χ1) is 15.9. The maximum absolute atomic E-state index is 12.6. The third-order valence-corrected chi connectivity index (χ3v) is 6.51. The number of imide groups is 1. The van der Waals surface area contributed by atoms with Gasteiger partial charge in [-0.3, -0.25) is 23.7 Å². The quantitative estimate of drug-likeness (QED) is 0.359. The predicted molar refractivity (Wildman–Crippen MR) is 124 cm³/mol. The highest BCUT2D eigenvalue weighted by Gasteiger charge is 2.32. The highest BCUT2D eigenvalue weighted by atomic mass is 32.2. The molecule has 2 aromatic heterocycles. The van der Waals surface area contributed by atoms with Crippen LogP contribution in [0.15, 0.2) is 47.6 Å². The molecule has 1 aliphatic heterocycles. The maximum atomic E-state index is 12.6. The number of hydrogen-bond acceptors (Lipinski definition) is 7. The second-order valence-corrected chi connectivity index (χ2v) is 8.60. The molecule has 0 saturated heterocycles. The molecule has 0 spiro atoms. The van der Waals surface area contributed by atoms with Crippen LogP contribution in [-0.2, 0) is 4.79 Å². The molecule has 2 aromatic carbocycles. The highest BCUT2D eigenvalue weighted by Crippen LogP contribution is 2.29. The van der Waals surface area contributed by atoms with E-state index in [9.17, 15) is 14.4 Å².